The Labute approximate surface area is 105 Å². The summed E-state index contributed by atoms with van der Waals surface area (Å²) >= 11 is 0. The van der Waals surface area contributed by atoms with Crippen LogP contribution in [0.3, 0.4) is 0 Å². The summed E-state index contributed by atoms with van der Waals surface area (Å²) in [5, 5.41) is 0. The summed E-state index contributed by atoms with van der Waals surface area (Å²) in [6.45, 7) is 0.994. The average molecular weight is 237 g/mol. The van der Waals surface area contributed by atoms with Crippen molar-refractivity contribution in [3.05, 3.63) is 0 Å². The van der Waals surface area contributed by atoms with Crippen molar-refractivity contribution in [2.24, 2.45) is 17.6 Å². The minimum atomic E-state index is 0.301. The van der Waals surface area contributed by atoms with Crippen LogP contribution in [0.5, 0.6) is 0 Å². The first kappa shape index (κ1) is 12.0. The molecule has 1 aliphatic heterocycles. The van der Waals surface area contributed by atoms with Crippen LogP contribution in [-0.2, 0) is 4.74 Å². The third kappa shape index (κ3) is 2.39. The van der Waals surface area contributed by atoms with Gasteiger partial charge in [-0.15, -0.1) is 0 Å². The quantitative estimate of drug-likeness (QED) is 0.711. The van der Waals surface area contributed by atoms with E-state index < -0.39 is 0 Å². The molecule has 0 aromatic heterocycles. The lowest BCUT2D eigenvalue weighted by Gasteiger charge is -2.49. The van der Waals surface area contributed by atoms with Gasteiger partial charge in [0.1, 0.15) is 0 Å². The molecule has 3 fully saturated rings. The molecule has 98 valence electrons. The van der Waals surface area contributed by atoms with Gasteiger partial charge in [0.05, 0.1) is 5.60 Å². The largest absolute Gasteiger partial charge is 0.375 e. The van der Waals surface area contributed by atoms with E-state index in [1.807, 2.05) is 0 Å². The average Bonchev–Trinajstić information content (AvgIpc) is 2.52. The van der Waals surface area contributed by atoms with Crippen molar-refractivity contribution in [2.75, 3.05) is 6.61 Å². The molecule has 2 nitrogen and oxygen atoms in total. The van der Waals surface area contributed by atoms with E-state index in [4.69, 9.17) is 10.5 Å². The first-order valence-electron chi connectivity index (χ1n) is 7.69. The number of nitrogens with two attached hydrogens (primary N) is 1. The molecule has 0 aromatic rings. The summed E-state index contributed by atoms with van der Waals surface area (Å²) < 4.78 is 6.05. The van der Waals surface area contributed by atoms with Gasteiger partial charge >= 0.3 is 0 Å². The van der Waals surface area contributed by atoms with Crippen LogP contribution in [0.25, 0.3) is 0 Å². The molecule has 3 aliphatic rings. The molecule has 0 bridgehead atoms. The number of hydrogen-bond donors (Lipinski definition) is 1. The van der Waals surface area contributed by atoms with Gasteiger partial charge in [-0.25, -0.2) is 0 Å². The smallest absolute Gasteiger partial charge is 0.0685 e. The van der Waals surface area contributed by atoms with E-state index in [9.17, 15) is 0 Å². The highest BCUT2D eigenvalue weighted by atomic mass is 16.5. The summed E-state index contributed by atoms with van der Waals surface area (Å²) in [4.78, 5) is 0. The molecule has 3 rings (SSSR count). The Kier molecular flexibility index (Phi) is 3.45. The van der Waals surface area contributed by atoms with Crippen LogP contribution in [0.2, 0.25) is 0 Å². The van der Waals surface area contributed by atoms with Gasteiger partial charge in [0.25, 0.3) is 0 Å². The van der Waals surface area contributed by atoms with Gasteiger partial charge in [0.15, 0.2) is 0 Å². The standard InChI is InChI=1S/C15H27NO/c16-14-6-3-1-2-5-13(14)12-7-10-17-15(11-12)8-4-9-15/h12-14H,1-11,16H2. The number of ether oxygens (including phenoxy) is 1. The molecular weight excluding hydrogens is 210 g/mol. The molecule has 1 saturated heterocycles. The van der Waals surface area contributed by atoms with Crippen molar-refractivity contribution in [2.45, 2.75) is 75.9 Å². The van der Waals surface area contributed by atoms with E-state index >= 15 is 0 Å². The number of rotatable bonds is 1. The first-order chi connectivity index (χ1) is 8.29. The molecule has 2 aliphatic carbocycles. The van der Waals surface area contributed by atoms with Crippen LogP contribution in [0, 0.1) is 11.8 Å². The monoisotopic (exact) mass is 237 g/mol. The van der Waals surface area contributed by atoms with Crippen molar-refractivity contribution in [3.8, 4) is 0 Å². The van der Waals surface area contributed by atoms with Gasteiger partial charge in [-0.1, -0.05) is 19.3 Å². The fourth-order valence-corrected chi connectivity index (χ4v) is 4.30. The molecule has 2 N–H and O–H groups in total. The van der Waals surface area contributed by atoms with Crippen molar-refractivity contribution < 1.29 is 4.74 Å². The van der Waals surface area contributed by atoms with Crippen molar-refractivity contribution in [1.82, 2.24) is 0 Å². The maximum atomic E-state index is 6.42. The van der Waals surface area contributed by atoms with Crippen LogP contribution in [0.4, 0.5) is 0 Å². The Balaban J connectivity index is 1.65. The molecular formula is C15H27NO. The van der Waals surface area contributed by atoms with E-state index in [2.05, 4.69) is 0 Å². The fraction of sp³-hybridized carbons (Fsp3) is 1.00. The van der Waals surface area contributed by atoms with Crippen molar-refractivity contribution in [1.29, 1.82) is 0 Å². The highest BCUT2D eigenvalue weighted by Crippen LogP contribution is 2.47. The van der Waals surface area contributed by atoms with Crippen LogP contribution < -0.4 is 5.73 Å². The van der Waals surface area contributed by atoms with Crippen LogP contribution >= 0.6 is 0 Å². The Morgan fingerprint density at radius 3 is 2.53 bits per heavy atom. The van der Waals surface area contributed by atoms with Crippen molar-refractivity contribution in [3.63, 3.8) is 0 Å². The second kappa shape index (κ2) is 4.89. The minimum Gasteiger partial charge on any atom is -0.375 e. The molecule has 2 saturated carbocycles. The molecule has 1 spiro atoms. The summed E-state index contributed by atoms with van der Waals surface area (Å²) in [7, 11) is 0. The molecule has 3 atom stereocenters. The molecule has 0 aromatic carbocycles. The highest BCUT2D eigenvalue weighted by molar-refractivity contribution is 4.96. The van der Waals surface area contributed by atoms with Gasteiger partial charge in [0.2, 0.25) is 0 Å². The van der Waals surface area contributed by atoms with E-state index in [0.717, 1.165) is 18.4 Å². The molecule has 0 amide bonds. The summed E-state index contributed by atoms with van der Waals surface area (Å²) in [6.07, 6.45) is 13.4. The molecule has 2 heteroatoms. The Bertz CT molecular complexity index is 262. The maximum Gasteiger partial charge on any atom is 0.0685 e. The zero-order valence-corrected chi connectivity index (χ0v) is 11.0. The Morgan fingerprint density at radius 1 is 0.941 bits per heavy atom. The SMILES string of the molecule is NC1CCCCCC1C1CCOC2(CCC2)C1. The van der Waals surface area contributed by atoms with Gasteiger partial charge in [-0.2, -0.15) is 0 Å². The lowest BCUT2D eigenvalue weighted by Crippen LogP contribution is -2.48. The predicted octanol–water partition coefficient (Wildman–Crippen LogP) is 3.24. The van der Waals surface area contributed by atoms with E-state index in [-0.39, 0.29) is 0 Å². The maximum absolute atomic E-state index is 6.42. The Hall–Kier alpha value is -0.0800. The molecule has 1 heterocycles. The van der Waals surface area contributed by atoms with E-state index in [1.54, 1.807) is 0 Å². The lowest BCUT2D eigenvalue weighted by atomic mass is 9.67. The normalized spacial score (nSPS) is 41.8. The highest BCUT2D eigenvalue weighted by Gasteiger charge is 2.45. The van der Waals surface area contributed by atoms with Crippen LogP contribution in [0.1, 0.15) is 64.2 Å². The van der Waals surface area contributed by atoms with E-state index in [0.29, 0.717) is 11.6 Å². The van der Waals surface area contributed by atoms with E-state index in [1.165, 1.54) is 64.2 Å². The van der Waals surface area contributed by atoms with Crippen LogP contribution in [0.15, 0.2) is 0 Å². The van der Waals surface area contributed by atoms with Gasteiger partial charge in [-0.05, 0) is 56.8 Å². The third-order valence-corrected chi connectivity index (χ3v) is 5.53. The third-order valence-electron chi connectivity index (χ3n) is 5.53. The number of hydrogen-bond acceptors (Lipinski definition) is 2. The Morgan fingerprint density at radius 2 is 1.76 bits per heavy atom. The molecule has 17 heavy (non-hydrogen) atoms. The fourth-order valence-electron chi connectivity index (χ4n) is 4.30. The second-order valence-electron chi connectivity index (χ2n) is 6.60. The topological polar surface area (TPSA) is 35.2 Å². The van der Waals surface area contributed by atoms with Crippen molar-refractivity contribution >= 4 is 0 Å². The zero-order valence-electron chi connectivity index (χ0n) is 11.0. The molecule has 3 unspecified atom stereocenters. The molecule has 0 radical (unpaired) electrons. The summed E-state index contributed by atoms with van der Waals surface area (Å²) in [5.41, 5.74) is 6.72. The minimum absolute atomic E-state index is 0.301. The van der Waals surface area contributed by atoms with Gasteiger partial charge < -0.3 is 10.5 Å². The zero-order chi connectivity index (χ0) is 11.7. The van der Waals surface area contributed by atoms with Gasteiger partial charge in [0, 0.05) is 12.6 Å². The first-order valence-corrected chi connectivity index (χ1v) is 7.69. The predicted molar refractivity (Wildman–Crippen MR) is 69.8 cm³/mol. The van der Waals surface area contributed by atoms with Crippen LogP contribution in [-0.4, -0.2) is 18.2 Å². The lowest BCUT2D eigenvalue weighted by molar-refractivity contribution is -0.151. The van der Waals surface area contributed by atoms with Gasteiger partial charge in [-0.3, -0.25) is 0 Å². The summed E-state index contributed by atoms with van der Waals surface area (Å²) in [6, 6.07) is 0.470. The second-order valence-corrected chi connectivity index (χ2v) is 6.60. The summed E-state index contributed by atoms with van der Waals surface area (Å²) in [5.74, 6) is 1.65.